The smallest absolute Gasteiger partial charge is 0.162 e. The maximum Gasteiger partial charge on any atom is 0.162 e. The van der Waals surface area contributed by atoms with Gasteiger partial charge < -0.3 is 19.3 Å². The Bertz CT molecular complexity index is 463. The number of halogens is 1. The van der Waals surface area contributed by atoms with Crippen LogP contribution in [0.5, 0.6) is 11.5 Å². The molecule has 1 aromatic rings. The first-order valence-corrected chi connectivity index (χ1v) is 7.21. The molecule has 3 unspecified atom stereocenters. The summed E-state index contributed by atoms with van der Waals surface area (Å²) in [5.41, 5.74) is 0.665. The topological polar surface area (TPSA) is 47.9 Å². The monoisotopic (exact) mass is 300 g/mol. The Hall–Kier alpha value is -0.970. The second-order valence-corrected chi connectivity index (χ2v) is 5.35. The zero-order chi connectivity index (χ0) is 14.7. The number of hydrogen-bond donors (Lipinski definition) is 1. The van der Waals surface area contributed by atoms with Crippen molar-refractivity contribution in [1.82, 2.24) is 0 Å². The van der Waals surface area contributed by atoms with Crippen molar-refractivity contribution in [1.29, 1.82) is 0 Å². The Kier molecular flexibility index (Phi) is 5.13. The molecule has 20 heavy (non-hydrogen) atoms. The van der Waals surface area contributed by atoms with E-state index in [-0.39, 0.29) is 12.0 Å². The molecule has 0 spiro atoms. The lowest BCUT2D eigenvalue weighted by atomic mass is 9.89. The first-order valence-electron chi connectivity index (χ1n) is 6.83. The average molecular weight is 301 g/mol. The molecule has 1 saturated heterocycles. The van der Waals surface area contributed by atoms with E-state index >= 15 is 0 Å². The molecule has 3 atom stereocenters. The molecule has 4 nitrogen and oxygen atoms in total. The van der Waals surface area contributed by atoms with Crippen LogP contribution in [-0.4, -0.2) is 32.0 Å². The van der Waals surface area contributed by atoms with Crippen LogP contribution in [0.3, 0.4) is 0 Å². The molecule has 5 heteroatoms. The van der Waals surface area contributed by atoms with Gasteiger partial charge in [0.2, 0.25) is 0 Å². The van der Waals surface area contributed by atoms with Gasteiger partial charge in [-0.2, -0.15) is 0 Å². The van der Waals surface area contributed by atoms with Crippen molar-refractivity contribution in [2.75, 3.05) is 20.8 Å². The van der Waals surface area contributed by atoms with Gasteiger partial charge in [0.05, 0.1) is 31.5 Å². The lowest BCUT2D eigenvalue weighted by Gasteiger charge is -2.24. The first-order chi connectivity index (χ1) is 9.62. The van der Waals surface area contributed by atoms with E-state index in [1.165, 1.54) is 0 Å². The molecule has 2 rings (SSSR count). The summed E-state index contributed by atoms with van der Waals surface area (Å²) in [4.78, 5) is 0. The summed E-state index contributed by atoms with van der Waals surface area (Å²) < 4.78 is 16.1. The van der Waals surface area contributed by atoms with Gasteiger partial charge in [-0.15, -0.1) is 0 Å². The standard InChI is InChI=1S/C15H21ClO4/c1-4-12-9(5-6-20-12)15(17)10-7-13(18-2)14(19-3)8-11(10)16/h7-9,12,15,17H,4-6H2,1-3H3. The zero-order valence-corrected chi connectivity index (χ0v) is 12.8. The highest BCUT2D eigenvalue weighted by molar-refractivity contribution is 6.31. The molecule has 112 valence electrons. The summed E-state index contributed by atoms with van der Waals surface area (Å²) in [6.07, 6.45) is 1.14. The van der Waals surface area contributed by atoms with Crippen molar-refractivity contribution in [3.05, 3.63) is 22.7 Å². The van der Waals surface area contributed by atoms with Gasteiger partial charge in [0.25, 0.3) is 0 Å². The summed E-state index contributed by atoms with van der Waals surface area (Å²) in [6.45, 7) is 2.75. The van der Waals surface area contributed by atoms with Crippen LogP contribution in [0.25, 0.3) is 0 Å². The molecule has 1 fully saturated rings. The quantitative estimate of drug-likeness (QED) is 0.907. The Balaban J connectivity index is 2.31. The Morgan fingerprint density at radius 2 is 2.00 bits per heavy atom. The van der Waals surface area contributed by atoms with E-state index in [4.69, 9.17) is 25.8 Å². The zero-order valence-electron chi connectivity index (χ0n) is 12.1. The van der Waals surface area contributed by atoms with E-state index in [0.29, 0.717) is 28.7 Å². The number of benzene rings is 1. The molecule has 1 aliphatic rings. The van der Waals surface area contributed by atoms with Gasteiger partial charge >= 0.3 is 0 Å². The van der Waals surface area contributed by atoms with Crippen LogP contribution < -0.4 is 9.47 Å². The molecule has 0 bridgehead atoms. The molecule has 0 aromatic heterocycles. The molecule has 0 saturated carbocycles. The number of hydrogen-bond acceptors (Lipinski definition) is 4. The number of aliphatic hydroxyl groups is 1. The minimum absolute atomic E-state index is 0.0654. The van der Waals surface area contributed by atoms with Crippen molar-refractivity contribution in [3.8, 4) is 11.5 Å². The van der Waals surface area contributed by atoms with E-state index in [1.807, 2.05) is 0 Å². The SMILES string of the molecule is CCC1OCCC1C(O)c1cc(OC)c(OC)cc1Cl. The lowest BCUT2D eigenvalue weighted by Crippen LogP contribution is -2.22. The van der Waals surface area contributed by atoms with Gasteiger partial charge in [0.15, 0.2) is 11.5 Å². The maximum absolute atomic E-state index is 10.6. The molecule has 1 aliphatic heterocycles. The second-order valence-electron chi connectivity index (χ2n) is 4.94. The molecule has 1 N–H and O–H groups in total. The third-order valence-electron chi connectivity index (χ3n) is 3.89. The fraction of sp³-hybridized carbons (Fsp3) is 0.600. The number of rotatable bonds is 5. The fourth-order valence-electron chi connectivity index (χ4n) is 2.77. The summed E-state index contributed by atoms with van der Waals surface area (Å²) in [5, 5.41) is 11.1. The summed E-state index contributed by atoms with van der Waals surface area (Å²) >= 11 is 6.26. The molecule has 0 amide bonds. The number of methoxy groups -OCH3 is 2. The highest BCUT2D eigenvalue weighted by Crippen LogP contribution is 2.41. The molecule has 1 heterocycles. The van der Waals surface area contributed by atoms with E-state index in [2.05, 4.69) is 6.92 Å². The third kappa shape index (κ3) is 2.87. The van der Waals surface area contributed by atoms with Crippen molar-refractivity contribution < 1.29 is 19.3 Å². The Morgan fingerprint density at radius 3 is 2.60 bits per heavy atom. The van der Waals surface area contributed by atoms with Gasteiger partial charge in [0.1, 0.15) is 0 Å². The predicted octanol–water partition coefficient (Wildman–Crippen LogP) is 3.21. The van der Waals surface area contributed by atoms with Crippen LogP contribution in [0, 0.1) is 5.92 Å². The molecular weight excluding hydrogens is 280 g/mol. The van der Waals surface area contributed by atoms with Crippen LogP contribution in [0.2, 0.25) is 5.02 Å². The first kappa shape index (κ1) is 15.4. The third-order valence-corrected chi connectivity index (χ3v) is 4.22. The van der Waals surface area contributed by atoms with Crippen LogP contribution in [0.15, 0.2) is 12.1 Å². The van der Waals surface area contributed by atoms with Crippen molar-refractivity contribution >= 4 is 11.6 Å². The normalized spacial score (nSPS) is 23.6. The minimum Gasteiger partial charge on any atom is -0.493 e. The van der Waals surface area contributed by atoms with E-state index in [9.17, 15) is 5.11 Å². The van der Waals surface area contributed by atoms with Crippen LogP contribution in [-0.2, 0) is 4.74 Å². The van der Waals surface area contributed by atoms with Gasteiger partial charge in [-0.05, 0) is 18.9 Å². The predicted molar refractivity (Wildman–Crippen MR) is 77.7 cm³/mol. The maximum atomic E-state index is 10.6. The fourth-order valence-corrected chi connectivity index (χ4v) is 3.04. The highest BCUT2D eigenvalue weighted by Gasteiger charge is 2.34. The highest BCUT2D eigenvalue weighted by atomic mass is 35.5. The summed E-state index contributed by atoms with van der Waals surface area (Å²) in [6, 6.07) is 3.42. The Morgan fingerprint density at radius 1 is 1.35 bits per heavy atom. The molecule has 1 aromatic carbocycles. The largest absolute Gasteiger partial charge is 0.493 e. The Labute approximate surface area is 124 Å². The van der Waals surface area contributed by atoms with E-state index < -0.39 is 6.10 Å². The molecule has 0 radical (unpaired) electrons. The second kappa shape index (κ2) is 6.66. The molecular formula is C15H21ClO4. The van der Waals surface area contributed by atoms with E-state index in [1.54, 1.807) is 26.4 Å². The van der Waals surface area contributed by atoms with Gasteiger partial charge in [-0.25, -0.2) is 0 Å². The van der Waals surface area contributed by atoms with Crippen LogP contribution in [0.1, 0.15) is 31.4 Å². The van der Waals surface area contributed by atoms with Crippen molar-refractivity contribution in [2.45, 2.75) is 32.0 Å². The number of aliphatic hydroxyl groups excluding tert-OH is 1. The summed E-state index contributed by atoms with van der Waals surface area (Å²) in [7, 11) is 3.12. The van der Waals surface area contributed by atoms with Crippen molar-refractivity contribution in [2.24, 2.45) is 5.92 Å². The number of ether oxygens (including phenoxy) is 3. The van der Waals surface area contributed by atoms with Crippen molar-refractivity contribution in [3.63, 3.8) is 0 Å². The molecule has 0 aliphatic carbocycles. The van der Waals surface area contributed by atoms with Crippen LogP contribution >= 0.6 is 11.6 Å². The lowest BCUT2D eigenvalue weighted by molar-refractivity contribution is 0.0307. The van der Waals surface area contributed by atoms with Crippen LogP contribution in [0.4, 0.5) is 0 Å². The van der Waals surface area contributed by atoms with Gasteiger partial charge in [0, 0.05) is 24.2 Å². The van der Waals surface area contributed by atoms with E-state index in [0.717, 1.165) is 12.8 Å². The summed E-state index contributed by atoms with van der Waals surface area (Å²) in [5.74, 6) is 1.19. The van der Waals surface area contributed by atoms with Gasteiger partial charge in [-0.1, -0.05) is 18.5 Å². The van der Waals surface area contributed by atoms with Gasteiger partial charge in [-0.3, -0.25) is 0 Å². The average Bonchev–Trinajstić information content (AvgIpc) is 2.94. The minimum atomic E-state index is -0.658.